The molecule has 0 atom stereocenters. The summed E-state index contributed by atoms with van der Waals surface area (Å²) in [5, 5.41) is 0. The minimum atomic E-state index is 0.439. The zero-order chi connectivity index (χ0) is 18.6. The third kappa shape index (κ3) is 4.78. The Labute approximate surface area is 160 Å². The van der Waals surface area contributed by atoms with Crippen molar-refractivity contribution in [2.24, 2.45) is 22.7 Å². The minimum Gasteiger partial charge on any atom is -0.300 e. The van der Waals surface area contributed by atoms with E-state index in [-0.39, 0.29) is 0 Å². The standard InChI is InChI=1S/C24H40O2/c1-3-21(25)9-5-7-11-23-14-19-13-20(15-23)17-24(16-19,18-23)12-8-6-10-22(26)4-2/h19-20H,3-18H2,1-2H3. The van der Waals surface area contributed by atoms with Gasteiger partial charge in [0, 0.05) is 25.7 Å². The Morgan fingerprint density at radius 3 is 1.54 bits per heavy atom. The average molecular weight is 361 g/mol. The van der Waals surface area contributed by atoms with Gasteiger partial charge >= 0.3 is 0 Å². The molecule has 0 spiro atoms. The van der Waals surface area contributed by atoms with E-state index in [9.17, 15) is 9.59 Å². The fourth-order valence-corrected chi connectivity index (χ4v) is 7.23. The van der Waals surface area contributed by atoms with Gasteiger partial charge in [-0.25, -0.2) is 0 Å². The summed E-state index contributed by atoms with van der Waals surface area (Å²) in [6, 6.07) is 0. The zero-order valence-electron chi connectivity index (χ0n) is 17.3. The molecular formula is C24H40O2. The van der Waals surface area contributed by atoms with E-state index in [0.717, 1.165) is 37.5 Å². The summed E-state index contributed by atoms with van der Waals surface area (Å²) < 4.78 is 0. The molecule has 4 aliphatic rings. The molecule has 4 rings (SSSR count). The molecule has 4 fully saturated rings. The van der Waals surface area contributed by atoms with Crippen molar-refractivity contribution in [3.63, 3.8) is 0 Å². The Balaban J connectivity index is 1.51. The van der Waals surface area contributed by atoms with Gasteiger partial charge in [-0.2, -0.15) is 0 Å². The van der Waals surface area contributed by atoms with Crippen LogP contribution in [0, 0.1) is 22.7 Å². The number of Topliss-reactive ketones (excluding diaryl/α,β-unsaturated/α-hetero) is 2. The van der Waals surface area contributed by atoms with Crippen LogP contribution in [0.3, 0.4) is 0 Å². The maximum Gasteiger partial charge on any atom is 0.132 e. The van der Waals surface area contributed by atoms with E-state index in [1.54, 1.807) is 0 Å². The lowest BCUT2D eigenvalue weighted by atomic mass is 9.42. The molecule has 0 aromatic rings. The first kappa shape index (κ1) is 20.1. The topological polar surface area (TPSA) is 34.1 Å². The van der Waals surface area contributed by atoms with Gasteiger partial charge in [-0.05, 0) is 86.9 Å². The third-order valence-corrected chi connectivity index (χ3v) is 7.92. The molecule has 0 amide bonds. The van der Waals surface area contributed by atoms with Gasteiger partial charge in [0.1, 0.15) is 11.6 Å². The lowest BCUT2D eigenvalue weighted by molar-refractivity contribution is -0.122. The van der Waals surface area contributed by atoms with Crippen molar-refractivity contribution < 1.29 is 9.59 Å². The molecule has 26 heavy (non-hydrogen) atoms. The highest BCUT2D eigenvalue weighted by Crippen LogP contribution is 2.67. The number of unbranched alkanes of at least 4 members (excludes halogenated alkanes) is 2. The maximum atomic E-state index is 11.6. The number of carbonyl (C=O) groups is 2. The summed E-state index contributed by atoms with van der Waals surface area (Å²) in [7, 11) is 0. The van der Waals surface area contributed by atoms with Crippen LogP contribution in [0.25, 0.3) is 0 Å². The second-order valence-electron chi connectivity index (χ2n) is 10.2. The van der Waals surface area contributed by atoms with Crippen molar-refractivity contribution in [3.8, 4) is 0 Å². The fourth-order valence-electron chi connectivity index (χ4n) is 7.23. The van der Waals surface area contributed by atoms with Gasteiger partial charge < -0.3 is 0 Å². The summed E-state index contributed by atoms with van der Waals surface area (Å²) in [5.74, 6) is 2.83. The smallest absolute Gasteiger partial charge is 0.132 e. The van der Waals surface area contributed by atoms with Gasteiger partial charge in [-0.15, -0.1) is 0 Å². The van der Waals surface area contributed by atoms with Gasteiger partial charge in [0.2, 0.25) is 0 Å². The Hall–Kier alpha value is -0.660. The van der Waals surface area contributed by atoms with E-state index >= 15 is 0 Å². The van der Waals surface area contributed by atoms with Gasteiger partial charge in [0.15, 0.2) is 0 Å². The van der Waals surface area contributed by atoms with Crippen molar-refractivity contribution in [2.45, 2.75) is 117 Å². The van der Waals surface area contributed by atoms with E-state index in [2.05, 4.69) is 0 Å². The quantitative estimate of drug-likeness (QED) is 0.365. The second kappa shape index (κ2) is 8.57. The lowest BCUT2D eigenvalue weighted by Gasteiger charge is -2.63. The number of hydrogen-bond acceptors (Lipinski definition) is 2. The average Bonchev–Trinajstić information content (AvgIpc) is 2.60. The SMILES string of the molecule is CCC(=O)CCCCC12CC3CC(C1)CC(CCCCC(=O)CC)(C3)C2. The summed E-state index contributed by atoms with van der Waals surface area (Å²) in [6.07, 6.45) is 19.3. The summed E-state index contributed by atoms with van der Waals surface area (Å²) in [6.45, 7) is 3.97. The van der Waals surface area contributed by atoms with Crippen molar-refractivity contribution >= 4 is 11.6 Å². The van der Waals surface area contributed by atoms with Crippen LogP contribution in [0.1, 0.15) is 117 Å². The van der Waals surface area contributed by atoms with E-state index in [0.29, 0.717) is 35.2 Å². The van der Waals surface area contributed by atoms with E-state index in [4.69, 9.17) is 0 Å². The molecule has 4 saturated carbocycles. The van der Waals surface area contributed by atoms with E-state index in [1.165, 1.54) is 64.2 Å². The van der Waals surface area contributed by atoms with E-state index in [1.807, 2.05) is 13.8 Å². The minimum absolute atomic E-state index is 0.439. The molecule has 0 saturated heterocycles. The third-order valence-electron chi connectivity index (χ3n) is 7.92. The second-order valence-corrected chi connectivity index (χ2v) is 10.2. The molecule has 2 nitrogen and oxygen atoms in total. The van der Waals surface area contributed by atoms with Crippen molar-refractivity contribution in [1.82, 2.24) is 0 Å². The highest BCUT2D eigenvalue weighted by atomic mass is 16.1. The molecule has 0 N–H and O–H groups in total. The molecule has 0 heterocycles. The van der Waals surface area contributed by atoms with Gasteiger partial charge in [-0.1, -0.05) is 26.7 Å². The first-order valence-corrected chi connectivity index (χ1v) is 11.5. The molecule has 0 radical (unpaired) electrons. The van der Waals surface area contributed by atoms with Crippen molar-refractivity contribution in [3.05, 3.63) is 0 Å². The molecular weight excluding hydrogens is 320 g/mol. The Morgan fingerprint density at radius 1 is 0.731 bits per heavy atom. The van der Waals surface area contributed by atoms with Crippen LogP contribution in [0.15, 0.2) is 0 Å². The molecule has 2 heteroatoms. The highest BCUT2D eigenvalue weighted by Gasteiger charge is 2.56. The van der Waals surface area contributed by atoms with Gasteiger partial charge in [-0.3, -0.25) is 9.59 Å². The number of rotatable bonds is 12. The van der Waals surface area contributed by atoms with Crippen LogP contribution in [-0.2, 0) is 9.59 Å². The highest BCUT2D eigenvalue weighted by molar-refractivity contribution is 5.78. The predicted octanol–water partition coefficient (Wildman–Crippen LogP) is 6.65. The van der Waals surface area contributed by atoms with Crippen LogP contribution in [0.5, 0.6) is 0 Å². The molecule has 0 aromatic heterocycles. The molecule has 0 unspecified atom stereocenters. The van der Waals surface area contributed by atoms with Crippen LogP contribution in [-0.4, -0.2) is 11.6 Å². The van der Waals surface area contributed by atoms with Crippen LogP contribution < -0.4 is 0 Å². The molecule has 0 aromatic carbocycles. The lowest BCUT2D eigenvalue weighted by Crippen LogP contribution is -2.51. The molecule has 4 bridgehead atoms. The summed E-state index contributed by atoms with van der Waals surface area (Å²) in [5.41, 5.74) is 1.22. The molecule has 0 aliphatic heterocycles. The van der Waals surface area contributed by atoms with Crippen molar-refractivity contribution in [1.29, 1.82) is 0 Å². The fraction of sp³-hybridized carbons (Fsp3) is 0.917. The predicted molar refractivity (Wildman–Crippen MR) is 107 cm³/mol. The van der Waals surface area contributed by atoms with Crippen LogP contribution in [0.2, 0.25) is 0 Å². The van der Waals surface area contributed by atoms with Gasteiger partial charge in [0.25, 0.3) is 0 Å². The molecule has 148 valence electrons. The van der Waals surface area contributed by atoms with Crippen LogP contribution in [0.4, 0.5) is 0 Å². The zero-order valence-corrected chi connectivity index (χ0v) is 17.3. The first-order valence-electron chi connectivity index (χ1n) is 11.5. The Kier molecular flexibility index (Phi) is 6.62. The first-order chi connectivity index (χ1) is 12.5. The maximum absolute atomic E-state index is 11.6. The number of ketones is 2. The Bertz CT molecular complexity index is 450. The Morgan fingerprint density at radius 2 is 1.15 bits per heavy atom. The summed E-state index contributed by atoms with van der Waals surface area (Å²) in [4.78, 5) is 23.2. The van der Waals surface area contributed by atoms with Crippen LogP contribution >= 0.6 is 0 Å². The normalized spacial score (nSPS) is 35.0. The monoisotopic (exact) mass is 360 g/mol. The molecule has 4 aliphatic carbocycles. The largest absolute Gasteiger partial charge is 0.300 e. The summed E-state index contributed by atoms with van der Waals surface area (Å²) >= 11 is 0. The number of carbonyl (C=O) groups excluding carboxylic acids is 2. The van der Waals surface area contributed by atoms with Gasteiger partial charge in [0.05, 0.1) is 0 Å². The number of hydrogen-bond donors (Lipinski definition) is 0. The van der Waals surface area contributed by atoms with Crippen molar-refractivity contribution in [2.75, 3.05) is 0 Å². The van der Waals surface area contributed by atoms with E-state index < -0.39 is 0 Å².